The molecule has 29 heavy (non-hydrogen) atoms. The van der Waals surface area contributed by atoms with E-state index in [4.69, 9.17) is 15.2 Å². The summed E-state index contributed by atoms with van der Waals surface area (Å²) >= 11 is 0. The third-order valence-electron chi connectivity index (χ3n) is 4.47. The normalized spacial score (nSPS) is 11.1. The minimum absolute atomic E-state index is 0.162. The SMILES string of the molecule is COCCN(CCOc1cc(C)cc(C)c1)c1c(N)n(CC(C)C)c(=O)[nH]c1=O. The van der Waals surface area contributed by atoms with Crippen molar-refractivity contribution in [3.63, 3.8) is 0 Å². The Morgan fingerprint density at radius 2 is 1.72 bits per heavy atom. The van der Waals surface area contributed by atoms with Gasteiger partial charge in [0.05, 0.1) is 13.2 Å². The van der Waals surface area contributed by atoms with Gasteiger partial charge in [0.2, 0.25) is 0 Å². The molecule has 2 aromatic rings. The van der Waals surface area contributed by atoms with Gasteiger partial charge in [-0.05, 0) is 43.0 Å². The molecule has 1 heterocycles. The number of methoxy groups -OCH3 is 1. The molecule has 0 bridgehead atoms. The number of aromatic amines is 1. The minimum atomic E-state index is -0.505. The number of nitrogens with one attached hydrogen (secondary N) is 1. The summed E-state index contributed by atoms with van der Waals surface area (Å²) in [6.45, 7) is 10.1. The quantitative estimate of drug-likeness (QED) is 0.627. The molecule has 0 fully saturated rings. The van der Waals surface area contributed by atoms with Crippen molar-refractivity contribution in [2.45, 2.75) is 34.2 Å². The van der Waals surface area contributed by atoms with Crippen LogP contribution in [0, 0.1) is 19.8 Å². The largest absolute Gasteiger partial charge is 0.492 e. The summed E-state index contributed by atoms with van der Waals surface area (Å²) in [5.41, 5.74) is 7.76. The van der Waals surface area contributed by atoms with Crippen LogP contribution in [0.15, 0.2) is 27.8 Å². The summed E-state index contributed by atoms with van der Waals surface area (Å²) in [4.78, 5) is 28.9. The molecule has 1 aromatic carbocycles. The number of hydrogen-bond acceptors (Lipinski definition) is 6. The summed E-state index contributed by atoms with van der Waals surface area (Å²) in [7, 11) is 1.59. The van der Waals surface area contributed by atoms with Crippen molar-refractivity contribution in [3.05, 3.63) is 50.2 Å². The standard InChI is InChI=1S/C21H32N4O4/c1-14(2)13-25-19(22)18(20(26)23-21(25)27)24(6-8-28-5)7-9-29-17-11-15(3)10-16(4)12-17/h10-12,14H,6-9,13,22H2,1-5H3,(H,23,26,27). The van der Waals surface area contributed by atoms with E-state index in [0.717, 1.165) is 16.9 Å². The smallest absolute Gasteiger partial charge is 0.330 e. The Morgan fingerprint density at radius 1 is 1.10 bits per heavy atom. The zero-order valence-electron chi connectivity index (χ0n) is 17.9. The van der Waals surface area contributed by atoms with Crippen LogP contribution >= 0.6 is 0 Å². The maximum atomic E-state index is 12.6. The number of nitrogens with zero attached hydrogens (tertiary/aromatic N) is 2. The van der Waals surface area contributed by atoms with Crippen molar-refractivity contribution in [3.8, 4) is 5.75 Å². The van der Waals surface area contributed by atoms with Gasteiger partial charge in [0.15, 0.2) is 0 Å². The summed E-state index contributed by atoms with van der Waals surface area (Å²) in [5.74, 6) is 1.14. The lowest BCUT2D eigenvalue weighted by Gasteiger charge is -2.26. The van der Waals surface area contributed by atoms with Gasteiger partial charge in [0, 0.05) is 20.2 Å². The number of nitrogens with two attached hydrogens (primary N) is 1. The van der Waals surface area contributed by atoms with Crippen LogP contribution in [0.4, 0.5) is 11.5 Å². The number of ether oxygens (including phenoxy) is 2. The molecule has 8 nitrogen and oxygen atoms in total. The van der Waals surface area contributed by atoms with Gasteiger partial charge in [-0.15, -0.1) is 0 Å². The highest BCUT2D eigenvalue weighted by atomic mass is 16.5. The second-order valence-corrected chi connectivity index (χ2v) is 7.65. The van der Waals surface area contributed by atoms with E-state index < -0.39 is 11.2 Å². The first-order chi connectivity index (χ1) is 13.7. The number of benzene rings is 1. The molecule has 8 heteroatoms. The lowest BCUT2D eigenvalue weighted by Crippen LogP contribution is -2.41. The molecule has 0 unspecified atom stereocenters. The van der Waals surface area contributed by atoms with Gasteiger partial charge in [0.25, 0.3) is 5.56 Å². The van der Waals surface area contributed by atoms with E-state index in [1.807, 2.05) is 39.8 Å². The van der Waals surface area contributed by atoms with Crippen LogP contribution in [0.1, 0.15) is 25.0 Å². The molecule has 0 aliphatic carbocycles. The third-order valence-corrected chi connectivity index (χ3v) is 4.47. The van der Waals surface area contributed by atoms with Gasteiger partial charge < -0.3 is 20.1 Å². The Balaban J connectivity index is 2.27. The van der Waals surface area contributed by atoms with Crippen molar-refractivity contribution >= 4 is 11.5 Å². The lowest BCUT2D eigenvalue weighted by molar-refractivity contribution is 0.203. The fourth-order valence-electron chi connectivity index (χ4n) is 3.26. The van der Waals surface area contributed by atoms with E-state index >= 15 is 0 Å². The molecule has 0 spiro atoms. The minimum Gasteiger partial charge on any atom is -0.492 e. The zero-order valence-corrected chi connectivity index (χ0v) is 17.9. The van der Waals surface area contributed by atoms with Crippen LogP contribution in [0.5, 0.6) is 5.75 Å². The molecule has 0 amide bonds. The highest BCUT2D eigenvalue weighted by molar-refractivity contribution is 5.62. The summed E-state index contributed by atoms with van der Waals surface area (Å²) in [6, 6.07) is 6.02. The Kier molecular flexibility index (Phi) is 7.90. The van der Waals surface area contributed by atoms with E-state index in [2.05, 4.69) is 11.1 Å². The maximum absolute atomic E-state index is 12.6. The average Bonchev–Trinajstić information content (AvgIpc) is 2.61. The third kappa shape index (κ3) is 6.12. The molecule has 0 saturated carbocycles. The van der Waals surface area contributed by atoms with Gasteiger partial charge in [0.1, 0.15) is 23.9 Å². The van der Waals surface area contributed by atoms with Gasteiger partial charge >= 0.3 is 5.69 Å². The molecule has 0 saturated heterocycles. The highest BCUT2D eigenvalue weighted by Gasteiger charge is 2.19. The fourth-order valence-corrected chi connectivity index (χ4v) is 3.26. The van der Waals surface area contributed by atoms with Crippen molar-refractivity contribution < 1.29 is 9.47 Å². The summed E-state index contributed by atoms with van der Waals surface area (Å²) in [6.07, 6.45) is 0. The Bertz CT molecular complexity index is 913. The lowest BCUT2D eigenvalue weighted by atomic mass is 10.1. The highest BCUT2D eigenvalue weighted by Crippen LogP contribution is 2.19. The Hall–Kier alpha value is -2.74. The molecule has 0 aliphatic heterocycles. The van der Waals surface area contributed by atoms with Crippen LogP contribution in [0.2, 0.25) is 0 Å². The monoisotopic (exact) mass is 404 g/mol. The predicted octanol–water partition coefficient (Wildman–Crippen LogP) is 1.92. The molecular weight excluding hydrogens is 372 g/mol. The average molecular weight is 405 g/mol. The molecule has 0 atom stereocenters. The molecular formula is C21H32N4O4. The summed E-state index contributed by atoms with van der Waals surface area (Å²) < 4.78 is 12.5. The maximum Gasteiger partial charge on any atom is 0.330 e. The number of nitrogen functional groups attached to an aromatic ring is 1. The van der Waals surface area contributed by atoms with Crippen molar-refractivity contribution in [2.24, 2.45) is 5.92 Å². The van der Waals surface area contributed by atoms with Crippen LogP contribution in [-0.4, -0.2) is 43.0 Å². The van der Waals surface area contributed by atoms with Gasteiger partial charge in [-0.1, -0.05) is 19.9 Å². The number of rotatable bonds is 10. The Labute approximate surface area is 171 Å². The zero-order chi connectivity index (χ0) is 21.6. The van der Waals surface area contributed by atoms with Crippen molar-refractivity contribution in [1.82, 2.24) is 9.55 Å². The van der Waals surface area contributed by atoms with E-state index in [9.17, 15) is 9.59 Å². The number of aromatic nitrogens is 2. The predicted molar refractivity (Wildman–Crippen MR) is 116 cm³/mol. The fraction of sp³-hybridized carbons (Fsp3) is 0.524. The molecule has 1 aromatic heterocycles. The molecule has 0 radical (unpaired) electrons. The second kappa shape index (κ2) is 10.2. The van der Waals surface area contributed by atoms with E-state index in [1.165, 1.54) is 4.57 Å². The molecule has 3 N–H and O–H groups in total. The molecule has 160 valence electrons. The van der Waals surface area contributed by atoms with E-state index in [1.54, 1.807) is 12.0 Å². The second-order valence-electron chi connectivity index (χ2n) is 7.65. The first-order valence-electron chi connectivity index (χ1n) is 9.80. The molecule has 2 rings (SSSR count). The van der Waals surface area contributed by atoms with Crippen LogP contribution < -0.4 is 26.6 Å². The Morgan fingerprint density at radius 3 is 2.31 bits per heavy atom. The van der Waals surface area contributed by atoms with Crippen LogP contribution in [0.3, 0.4) is 0 Å². The number of aryl methyl sites for hydroxylation is 2. The van der Waals surface area contributed by atoms with Crippen molar-refractivity contribution in [1.29, 1.82) is 0 Å². The van der Waals surface area contributed by atoms with Gasteiger partial charge in [-0.3, -0.25) is 14.3 Å². The first-order valence-corrected chi connectivity index (χ1v) is 9.80. The molecule has 0 aliphatic rings. The summed E-state index contributed by atoms with van der Waals surface area (Å²) in [5, 5.41) is 0. The topological polar surface area (TPSA) is 103 Å². The number of anilines is 2. The number of hydrogen-bond donors (Lipinski definition) is 2. The number of H-pyrrole nitrogens is 1. The van der Waals surface area contributed by atoms with Crippen LogP contribution in [0.25, 0.3) is 0 Å². The van der Waals surface area contributed by atoms with Gasteiger partial charge in [-0.2, -0.15) is 0 Å². The van der Waals surface area contributed by atoms with E-state index in [-0.39, 0.29) is 17.4 Å². The van der Waals surface area contributed by atoms with Crippen LogP contribution in [-0.2, 0) is 11.3 Å². The van der Waals surface area contributed by atoms with Crippen molar-refractivity contribution in [2.75, 3.05) is 44.0 Å². The first kappa shape index (κ1) is 22.5. The van der Waals surface area contributed by atoms with E-state index in [0.29, 0.717) is 32.8 Å². The van der Waals surface area contributed by atoms with Gasteiger partial charge in [-0.25, -0.2) is 4.79 Å².